The zero-order chi connectivity index (χ0) is 14.2. The molecule has 0 saturated carbocycles. The Hall–Kier alpha value is -1.76. The van der Waals surface area contributed by atoms with Crippen LogP contribution in [0.2, 0.25) is 0 Å². The monoisotopic (exact) mass is 268 g/mol. The second-order valence-electron chi connectivity index (χ2n) is 5.31. The number of unbranched alkanes of at least 4 members (excludes halogenated alkanes) is 3. The molecule has 2 aromatic rings. The minimum absolute atomic E-state index is 0.817. The van der Waals surface area contributed by atoms with Gasteiger partial charge < -0.3 is 4.74 Å². The maximum atomic E-state index is 5.84. The lowest BCUT2D eigenvalue weighted by Gasteiger charge is -2.08. The van der Waals surface area contributed by atoms with E-state index in [1.54, 1.807) is 0 Å². The van der Waals surface area contributed by atoms with E-state index in [0.717, 1.165) is 18.8 Å². The van der Waals surface area contributed by atoms with Crippen LogP contribution >= 0.6 is 0 Å². The van der Waals surface area contributed by atoms with Gasteiger partial charge in [0.15, 0.2) is 0 Å². The first-order valence-corrected chi connectivity index (χ1v) is 7.59. The Kier molecular flexibility index (Phi) is 5.67. The van der Waals surface area contributed by atoms with Crippen LogP contribution in [0.5, 0.6) is 5.75 Å². The molecule has 0 N–H and O–H groups in total. The second kappa shape index (κ2) is 7.74. The summed E-state index contributed by atoms with van der Waals surface area (Å²) in [6.45, 7) is 5.17. The van der Waals surface area contributed by atoms with Crippen molar-refractivity contribution in [2.45, 2.75) is 39.5 Å². The highest BCUT2D eigenvalue weighted by Gasteiger charge is 2.00. The zero-order valence-electron chi connectivity index (χ0n) is 12.6. The van der Waals surface area contributed by atoms with Gasteiger partial charge in [-0.1, -0.05) is 68.1 Å². The van der Waals surface area contributed by atoms with Gasteiger partial charge in [0.1, 0.15) is 5.75 Å². The summed E-state index contributed by atoms with van der Waals surface area (Å²) in [5.74, 6) is 0.973. The Bertz CT molecular complexity index is 531. The molecular formula is C19H24O. The predicted octanol–water partition coefficient (Wildman–Crippen LogP) is 5.62. The van der Waals surface area contributed by atoms with Gasteiger partial charge in [-0.25, -0.2) is 0 Å². The fourth-order valence-electron chi connectivity index (χ4n) is 2.31. The first-order valence-electron chi connectivity index (χ1n) is 7.59. The summed E-state index contributed by atoms with van der Waals surface area (Å²) in [6.07, 6.45) is 4.96. The standard InChI is InChI=1S/C19H24O/c1-3-4-5-6-13-20-19-12-8-11-18(15-19)17-10-7-9-16(2)14-17/h7-12,14-15H,3-6,13H2,1-2H3. The summed E-state index contributed by atoms with van der Waals surface area (Å²) in [7, 11) is 0. The molecule has 0 aliphatic carbocycles. The summed E-state index contributed by atoms with van der Waals surface area (Å²) in [6, 6.07) is 17.0. The van der Waals surface area contributed by atoms with Crippen LogP contribution in [-0.2, 0) is 0 Å². The topological polar surface area (TPSA) is 9.23 Å². The third-order valence-corrected chi connectivity index (χ3v) is 3.45. The van der Waals surface area contributed by atoms with Gasteiger partial charge in [0, 0.05) is 0 Å². The normalized spacial score (nSPS) is 10.5. The van der Waals surface area contributed by atoms with Gasteiger partial charge in [-0.05, 0) is 36.6 Å². The second-order valence-corrected chi connectivity index (χ2v) is 5.31. The molecule has 0 heterocycles. The van der Waals surface area contributed by atoms with Crippen LogP contribution in [0.3, 0.4) is 0 Å². The highest BCUT2D eigenvalue weighted by molar-refractivity contribution is 5.65. The van der Waals surface area contributed by atoms with E-state index in [1.807, 2.05) is 6.07 Å². The van der Waals surface area contributed by atoms with E-state index in [0.29, 0.717) is 0 Å². The molecule has 0 aromatic heterocycles. The number of hydrogen-bond acceptors (Lipinski definition) is 1. The molecule has 1 heteroatoms. The van der Waals surface area contributed by atoms with Gasteiger partial charge >= 0.3 is 0 Å². The maximum absolute atomic E-state index is 5.84. The van der Waals surface area contributed by atoms with Gasteiger partial charge in [-0.2, -0.15) is 0 Å². The first-order chi connectivity index (χ1) is 9.79. The molecular weight excluding hydrogens is 244 g/mol. The summed E-state index contributed by atoms with van der Waals surface area (Å²) in [4.78, 5) is 0. The van der Waals surface area contributed by atoms with Crippen LogP contribution in [0.25, 0.3) is 11.1 Å². The molecule has 106 valence electrons. The van der Waals surface area contributed by atoms with E-state index in [4.69, 9.17) is 4.74 Å². The number of benzene rings is 2. The van der Waals surface area contributed by atoms with Crippen molar-refractivity contribution in [3.8, 4) is 16.9 Å². The van der Waals surface area contributed by atoms with Gasteiger partial charge in [-0.15, -0.1) is 0 Å². The lowest BCUT2D eigenvalue weighted by atomic mass is 10.0. The van der Waals surface area contributed by atoms with Crippen molar-refractivity contribution in [1.29, 1.82) is 0 Å². The van der Waals surface area contributed by atoms with Crippen molar-refractivity contribution in [2.75, 3.05) is 6.61 Å². The molecule has 0 unspecified atom stereocenters. The average molecular weight is 268 g/mol. The molecule has 0 aliphatic rings. The van der Waals surface area contributed by atoms with Gasteiger partial charge in [-0.3, -0.25) is 0 Å². The molecule has 1 nitrogen and oxygen atoms in total. The van der Waals surface area contributed by atoms with Crippen molar-refractivity contribution in [3.05, 3.63) is 54.1 Å². The van der Waals surface area contributed by atoms with Crippen molar-refractivity contribution < 1.29 is 4.74 Å². The minimum atomic E-state index is 0.817. The van der Waals surface area contributed by atoms with Gasteiger partial charge in [0.05, 0.1) is 6.61 Å². The van der Waals surface area contributed by atoms with Gasteiger partial charge in [0.2, 0.25) is 0 Å². The number of rotatable bonds is 7. The number of aryl methyl sites for hydroxylation is 1. The lowest BCUT2D eigenvalue weighted by Crippen LogP contribution is -1.97. The highest BCUT2D eigenvalue weighted by Crippen LogP contribution is 2.24. The van der Waals surface area contributed by atoms with Crippen LogP contribution in [0.15, 0.2) is 48.5 Å². The quantitative estimate of drug-likeness (QED) is 0.592. The third-order valence-electron chi connectivity index (χ3n) is 3.45. The summed E-state index contributed by atoms with van der Waals surface area (Å²) in [5.41, 5.74) is 3.76. The van der Waals surface area contributed by atoms with Crippen molar-refractivity contribution in [2.24, 2.45) is 0 Å². The van der Waals surface area contributed by atoms with E-state index in [1.165, 1.54) is 36.0 Å². The molecule has 0 saturated heterocycles. The Labute approximate surface area is 122 Å². The molecule has 0 bridgehead atoms. The third kappa shape index (κ3) is 4.41. The van der Waals surface area contributed by atoms with E-state index < -0.39 is 0 Å². The molecule has 0 spiro atoms. The molecule has 2 rings (SSSR count). The van der Waals surface area contributed by atoms with Crippen LogP contribution in [0.1, 0.15) is 38.2 Å². The Morgan fingerprint density at radius 3 is 2.35 bits per heavy atom. The number of ether oxygens (including phenoxy) is 1. The van der Waals surface area contributed by atoms with Crippen LogP contribution in [0, 0.1) is 6.92 Å². The number of hydrogen-bond donors (Lipinski definition) is 0. The van der Waals surface area contributed by atoms with Gasteiger partial charge in [0.25, 0.3) is 0 Å². The fraction of sp³-hybridized carbons (Fsp3) is 0.368. The van der Waals surface area contributed by atoms with Crippen molar-refractivity contribution in [1.82, 2.24) is 0 Å². The summed E-state index contributed by atoms with van der Waals surface area (Å²) >= 11 is 0. The molecule has 0 aliphatic heterocycles. The molecule has 2 aromatic carbocycles. The summed E-state index contributed by atoms with van der Waals surface area (Å²) in [5, 5.41) is 0. The van der Waals surface area contributed by atoms with Crippen LogP contribution in [0.4, 0.5) is 0 Å². The zero-order valence-corrected chi connectivity index (χ0v) is 12.6. The predicted molar refractivity (Wildman–Crippen MR) is 86.3 cm³/mol. The van der Waals surface area contributed by atoms with Crippen LogP contribution < -0.4 is 4.74 Å². The molecule has 0 amide bonds. The fourth-order valence-corrected chi connectivity index (χ4v) is 2.31. The van der Waals surface area contributed by atoms with Crippen molar-refractivity contribution >= 4 is 0 Å². The van der Waals surface area contributed by atoms with Crippen molar-refractivity contribution in [3.63, 3.8) is 0 Å². The van der Waals surface area contributed by atoms with E-state index in [9.17, 15) is 0 Å². The molecule has 20 heavy (non-hydrogen) atoms. The first kappa shape index (κ1) is 14.6. The lowest BCUT2D eigenvalue weighted by molar-refractivity contribution is 0.305. The smallest absolute Gasteiger partial charge is 0.119 e. The highest BCUT2D eigenvalue weighted by atomic mass is 16.5. The summed E-state index contributed by atoms with van der Waals surface area (Å²) < 4.78 is 5.84. The molecule has 0 fully saturated rings. The SMILES string of the molecule is CCCCCCOc1cccc(-c2cccc(C)c2)c1. The molecule has 0 radical (unpaired) electrons. The van der Waals surface area contributed by atoms with E-state index in [2.05, 4.69) is 56.3 Å². The Balaban J connectivity index is 1.97. The largest absolute Gasteiger partial charge is 0.494 e. The van der Waals surface area contributed by atoms with E-state index in [-0.39, 0.29) is 0 Å². The van der Waals surface area contributed by atoms with E-state index >= 15 is 0 Å². The Morgan fingerprint density at radius 2 is 1.60 bits per heavy atom. The Morgan fingerprint density at radius 1 is 0.850 bits per heavy atom. The minimum Gasteiger partial charge on any atom is -0.494 e. The molecule has 0 atom stereocenters. The van der Waals surface area contributed by atoms with Crippen LogP contribution in [-0.4, -0.2) is 6.61 Å². The average Bonchev–Trinajstić information content (AvgIpc) is 2.47. The maximum Gasteiger partial charge on any atom is 0.119 e.